The molecule has 0 aromatic heterocycles. The van der Waals surface area contributed by atoms with Crippen LogP contribution >= 0.6 is 0 Å². The fourth-order valence-electron chi connectivity index (χ4n) is 1.33. The van der Waals surface area contributed by atoms with Crippen LogP contribution in [0.1, 0.15) is 24.2 Å². The van der Waals surface area contributed by atoms with E-state index in [-0.39, 0.29) is 24.4 Å². The van der Waals surface area contributed by atoms with Crippen LogP contribution in [-0.4, -0.2) is 24.4 Å². The quantitative estimate of drug-likeness (QED) is 0.665. The lowest BCUT2D eigenvalue weighted by atomic mass is 10.1. The monoisotopic (exact) mass is 235 g/mol. The van der Waals surface area contributed by atoms with Crippen LogP contribution in [0.2, 0.25) is 0 Å². The minimum Gasteiger partial charge on any atom is -0.398 e. The summed E-state index contributed by atoms with van der Waals surface area (Å²) in [6, 6.07) is 6.78. The second kappa shape index (κ2) is 5.89. The molecule has 0 saturated heterocycles. The van der Waals surface area contributed by atoms with E-state index < -0.39 is 0 Å². The molecule has 0 aliphatic rings. The topological polar surface area (TPSA) is 84.2 Å². The highest BCUT2D eigenvalue weighted by Gasteiger charge is 2.10. The van der Waals surface area contributed by atoms with Crippen molar-refractivity contribution in [2.75, 3.05) is 12.3 Å². The molecule has 0 radical (unpaired) electrons. The van der Waals surface area contributed by atoms with Crippen molar-refractivity contribution in [1.29, 1.82) is 0 Å². The van der Waals surface area contributed by atoms with Crippen LogP contribution in [0.25, 0.3) is 0 Å². The third-order valence-corrected chi connectivity index (χ3v) is 2.06. The van der Waals surface area contributed by atoms with Crippen LogP contribution in [0.3, 0.4) is 0 Å². The number of hydrogen-bond acceptors (Lipinski definition) is 3. The van der Waals surface area contributed by atoms with Gasteiger partial charge < -0.3 is 16.4 Å². The van der Waals surface area contributed by atoms with Gasteiger partial charge in [-0.3, -0.25) is 9.59 Å². The van der Waals surface area contributed by atoms with Gasteiger partial charge in [0.05, 0.1) is 12.1 Å². The van der Waals surface area contributed by atoms with Crippen molar-refractivity contribution in [2.24, 2.45) is 0 Å². The van der Waals surface area contributed by atoms with Gasteiger partial charge in [-0.25, -0.2) is 0 Å². The van der Waals surface area contributed by atoms with Crippen LogP contribution in [0, 0.1) is 0 Å². The molecule has 5 heteroatoms. The van der Waals surface area contributed by atoms with Gasteiger partial charge >= 0.3 is 0 Å². The van der Waals surface area contributed by atoms with E-state index in [0.29, 0.717) is 11.3 Å². The Labute approximate surface area is 100 Å². The van der Waals surface area contributed by atoms with Gasteiger partial charge in [0, 0.05) is 11.7 Å². The Morgan fingerprint density at radius 2 is 1.94 bits per heavy atom. The standard InChI is InChI=1S/C12H17N3O2/c1-8(2)15-11(16)7-14-12(17)9-5-3-4-6-10(9)13/h3-6,8H,7,13H2,1-2H3,(H,14,17)(H,15,16). The lowest BCUT2D eigenvalue weighted by Crippen LogP contribution is -2.39. The summed E-state index contributed by atoms with van der Waals surface area (Å²) in [7, 11) is 0. The first-order chi connectivity index (χ1) is 8.00. The summed E-state index contributed by atoms with van der Waals surface area (Å²) in [5.74, 6) is -0.565. The molecule has 0 heterocycles. The van der Waals surface area contributed by atoms with Crippen molar-refractivity contribution in [3.8, 4) is 0 Å². The average Bonchev–Trinajstić information content (AvgIpc) is 2.25. The zero-order valence-corrected chi connectivity index (χ0v) is 9.99. The molecule has 1 rings (SSSR count). The number of nitrogens with two attached hydrogens (primary N) is 1. The fraction of sp³-hybridized carbons (Fsp3) is 0.333. The van der Waals surface area contributed by atoms with E-state index in [1.165, 1.54) is 0 Å². The third-order valence-electron chi connectivity index (χ3n) is 2.06. The molecule has 1 aromatic rings. The number of nitrogens with one attached hydrogen (secondary N) is 2. The molecular formula is C12H17N3O2. The second-order valence-electron chi connectivity index (χ2n) is 3.99. The smallest absolute Gasteiger partial charge is 0.253 e. The van der Waals surface area contributed by atoms with E-state index >= 15 is 0 Å². The number of amides is 2. The van der Waals surface area contributed by atoms with Gasteiger partial charge in [0.25, 0.3) is 5.91 Å². The van der Waals surface area contributed by atoms with E-state index in [1.54, 1.807) is 24.3 Å². The summed E-state index contributed by atoms with van der Waals surface area (Å²) >= 11 is 0. The van der Waals surface area contributed by atoms with Crippen molar-refractivity contribution in [3.63, 3.8) is 0 Å². The van der Waals surface area contributed by atoms with Gasteiger partial charge in [0.1, 0.15) is 0 Å². The molecule has 0 atom stereocenters. The molecule has 0 fully saturated rings. The average molecular weight is 235 g/mol. The molecule has 0 aliphatic carbocycles. The van der Waals surface area contributed by atoms with Crippen molar-refractivity contribution in [3.05, 3.63) is 29.8 Å². The Hall–Kier alpha value is -2.04. The molecule has 1 aromatic carbocycles. The molecular weight excluding hydrogens is 218 g/mol. The maximum atomic E-state index is 11.7. The number of rotatable bonds is 4. The Morgan fingerprint density at radius 3 is 2.53 bits per heavy atom. The summed E-state index contributed by atoms with van der Waals surface area (Å²) in [6.45, 7) is 3.66. The third kappa shape index (κ3) is 4.14. The SMILES string of the molecule is CC(C)NC(=O)CNC(=O)c1ccccc1N. The van der Waals surface area contributed by atoms with Crippen LogP contribution in [-0.2, 0) is 4.79 Å². The van der Waals surface area contributed by atoms with E-state index in [1.807, 2.05) is 13.8 Å². The molecule has 0 spiro atoms. The molecule has 4 N–H and O–H groups in total. The van der Waals surface area contributed by atoms with Gasteiger partial charge in [-0.2, -0.15) is 0 Å². The molecule has 0 bridgehead atoms. The van der Waals surface area contributed by atoms with Gasteiger partial charge in [0.2, 0.25) is 5.91 Å². The minimum absolute atomic E-state index is 0.0503. The van der Waals surface area contributed by atoms with Crippen LogP contribution in [0.15, 0.2) is 24.3 Å². The normalized spacial score (nSPS) is 10.1. The zero-order valence-electron chi connectivity index (χ0n) is 9.99. The molecule has 17 heavy (non-hydrogen) atoms. The Balaban J connectivity index is 2.51. The first kappa shape index (κ1) is 13.0. The Bertz CT molecular complexity index is 416. The van der Waals surface area contributed by atoms with Gasteiger partial charge in [-0.05, 0) is 26.0 Å². The Morgan fingerprint density at radius 1 is 1.29 bits per heavy atom. The van der Waals surface area contributed by atoms with Crippen molar-refractivity contribution in [2.45, 2.75) is 19.9 Å². The van der Waals surface area contributed by atoms with Crippen LogP contribution in [0.4, 0.5) is 5.69 Å². The highest BCUT2D eigenvalue weighted by molar-refractivity contribution is 6.00. The van der Waals surface area contributed by atoms with Crippen molar-refractivity contribution in [1.82, 2.24) is 10.6 Å². The number of para-hydroxylation sites is 1. The van der Waals surface area contributed by atoms with E-state index in [2.05, 4.69) is 10.6 Å². The lowest BCUT2D eigenvalue weighted by Gasteiger charge is -2.10. The fourth-order valence-corrected chi connectivity index (χ4v) is 1.33. The van der Waals surface area contributed by atoms with Gasteiger partial charge in [-0.1, -0.05) is 12.1 Å². The summed E-state index contributed by atoms with van der Waals surface area (Å²) in [6.07, 6.45) is 0. The first-order valence-corrected chi connectivity index (χ1v) is 5.42. The molecule has 0 aliphatic heterocycles. The second-order valence-corrected chi connectivity index (χ2v) is 3.99. The number of hydrogen-bond donors (Lipinski definition) is 3. The summed E-state index contributed by atoms with van der Waals surface area (Å²) < 4.78 is 0. The van der Waals surface area contributed by atoms with Crippen molar-refractivity contribution >= 4 is 17.5 Å². The van der Waals surface area contributed by atoms with E-state index in [0.717, 1.165) is 0 Å². The maximum Gasteiger partial charge on any atom is 0.253 e. The maximum absolute atomic E-state index is 11.7. The highest BCUT2D eigenvalue weighted by Crippen LogP contribution is 2.09. The molecule has 0 unspecified atom stereocenters. The molecule has 2 amide bonds. The summed E-state index contributed by atoms with van der Waals surface area (Å²) in [4.78, 5) is 23.0. The number of nitrogen functional groups attached to an aromatic ring is 1. The summed E-state index contributed by atoms with van der Waals surface area (Å²) in [5, 5.41) is 5.19. The minimum atomic E-state index is -0.345. The van der Waals surface area contributed by atoms with Crippen molar-refractivity contribution < 1.29 is 9.59 Å². The number of carbonyl (C=O) groups excluding carboxylic acids is 2. The molecule has 92 valence electrons. The first-order valence-electron chi connectivity index (χ1n) is 5.42. The van der Waals surface area contributed by atoms with Gasteiger partial charge in [-0.15, -0.1) is 0 Å². The molecule has 5 nitrogen and oxygen atoms in total. The molecule has 0 saturated carbocycles. The predicted molar refractivity (Wildman–Crippen MR) is 66.5 cm³/mol. The summed E-state index contributed by atoms with van der Waals surface area (Å²) in [5.41, 5.74) is 6.42. The van der Waals surface area contributed by atoms with E-state index in [4.69, 9.17) is 5.73 Å². The Kier molecular flexibility index (Phi) is 4.51. The van der Waals surface area contributed by atoms with Crippen LogP contribution < -0.4 is 16.4 Å². The van der Waals surface area contributed by atoms with Crippen LogP contribution in [0.5, 0.6) is 0 Å². The number of carbonyl (C=O) groups is 2. The van der Waals surface area contributed by atoms with E-state index in [9.17, 15) is 9.59 Å². The number of anilines is 1. The number of benzene rings is 1. The van der Waals surface area contributed by atoms with Gasteiger partial charge in [0.15, 0.2) is 0 Å². The predicted octanol–water partition coefficient (Wildman–Crippen LogP) is 0.523. The zero-order chi connectivity index (χ0) is 12.8. The lowest BCUT2D eigenvalue weighted by molar-refractivity contribution is -0.120. The highest BCUT2D eigenvalue weighted by atomic mass is 16.2. The largest absolute Gasteiger partial charge is 0.398 e.